The Morgan fingerprint density at radius 2 is 1.54 bits per heavy atom. The molecule has 0 saturated carbocycles. The molecule has 0 heterocycles. The number of carbonyl (C=O) groups is 1. The van der Waals surface area contributed by atoms with Crippen LogP contribution in [-0.4, -0.2) is 24.6 Å². The van der Waals surface area contributed by atoms with Crippen molar-refractivity contribution in [3.8, 4) is 0 Å². The van der Waals surface area contributed by atoms with Gasteiger partial charge in [-0.15, -0.1) is 0 Å². The zero-order chi connectivity index (χ0) is 20.6. The van der Waals surface area contributed by atoms with Gasteiger partial charge in [0.15, 0.2) is 0 Å². The molecule has 0 fully saturated rings. The molecule has 0 radical (unpaired) electrons. The predicted octanol–water partition coefficient (Wildman–Crippen LogP) is 5.06. The van der Waals surface area contributed by atoms with Gasteiger partial charge in [0, 0.05) is 0 Å². The van der Waals surface area contributed by atoms with Crippen LogP contribution in [0.3, 0.4) is 0 Å². The summed E-state index contributed by atoms with van der Waals surface area (Å²) in [7, 11) is 0. The van der Waals surface area contributed by atoms with Crippen molar-refractivity contribution in [1.82, 2.24) is 0 Å². The zero-order valence-electron chi connectivity index (χ0n) is 16.5. The molecule has 0 N–H and O–H groups in total. The van der Waals surface area contributed by atoms with Gasteiger partial charge < -0.3 is 9.47 Å². The summed E-state index contributed by atoms with van der Waals surface area (Å²) in [5.74, 6) is 1.82. The highest BCUT2D eigenvalue weighted by atomic mass is 16.5. The van der Waals surface area contributed by atoms with Gasteiger partial charge in [-0.05, 0) is 57.5 Å². The minimum absolute atomic E-state index is 0.00714. The van der Waals surface area contributed by atoms with E-state index >= 15 is 0 Å². The smallest absolute Gasteiger partial charge is 0.293 e. The van der Waals surface area contributed by atoms with Crippen LogP contribution in [0.4, 0.5) is 11.4 Å². The molecular weight excluding hydrogens is 356 g/mol. The topological polar surface area (TPSA) is 77.3 Å². The summed E-state index contributed by atoms with van der Waals surface area (Å²) in [6, 6.07) is 17.0. The molecule has 6 heteroatoms. The lowest BCUT2D eigenvalue weighted by Crippen LogP contribution is -2.32. The highest BCUT2D eigenvalue weighted by molar-refractivity contribution is 5.57. The van der Waals surface area contributed by atoms with Crippen LogP contribution >= 0.6 is 0 Å². The van der Waals surface area contributed by atoms with Crippen molar-refractivity contribution < 1.29 is 19.1 Å². The van der Waals surface area contributed by atoms with Crippen LogP contribution in [0.5, 0.6) is 0 Å². The Hall–Kier alpha value is -3.08. The monoisotopic (exact) mass is 380 g/mol. The van der Waals surface area contributed by atoms with Gasteiger partial charge in [-0.3, -0.25) is 4.79 Å². The molecule has 0 bridgehead atoms. The van der Waals surface area contributed by atoms with E-state index in [1.54, 1.807) is 13.8 Å². The standard InChI is InChI=1S/C22H24N2O4/c1-21(2,27-15-18(14-25)22(3,4)28-16-26)17-10-12-20(13-11-17)24-23-19-8-6-5-7-9-19/h5-13,16H,15H2,1-4H3. The summed E-state index contributed by atoms with van der Waals surface area (Å²) < 4.78 is 10.9. The molecule has 0 amide bonds. The van der Waals surface area contributed by atoms with Crippen molar-refractivity contribution >= 4 is 23.8 Å². The average Bonchev–Trinajstić information content (AvgIpc) is 2.67. The van der Waals surface area contributed by atoms with Crippen LogP contribution in [0.1, 0.15) is 33.3 Å². The van der Waals surface area contributed by atoms with Crippen LogP contribution in [0.25, 0.3) is 0 Å². The number of hydrogen-bond acceptors (Lipinski definition) is 6. The minimum atomic E-state index is -1.07. The van der Waals surface area contributed by atoms with Crippen molar-refractivity contribution in [3.63, 3.8) is 0 Å². The Kier molecular flexibility index (Phi) is 6.99. The Morgan fingerprint density at radius 3 is 2.07 bits per heavy atom. The Bertz CT molecular complexity index is 865. The van der Waals surface area contributed by atoms with Crippen molar-refractivity contribution in [2.45, 2.75) is 38.9 Å². The second-order valence-electron chi connectivity index (χ2n) is 7.19. The number of nitrogens with zero attached hydrogens (tertiary/aromatic N) is 2. The number of benzene rings is 2. The Labute approximate surface area is 164 Å². The quantitative estimate of drug-likeness (QED) is 0.346. The third-order valence-electron chi connectivity index (χ3n) is 4.37. The summed E-state index contributed by atoms with van der Waals surface area (Å²) in [4.78, 5) is 21.9. The maximum absolute atomic E-state index is 11.3. The molecule has 2 aromatic rings. The van der Waals surface area contributed by atoms with E-state index in [4.69, 9.17) is 9.47 Å². The molecular formula is C22H24N2O4. The first-order valence-corrected chi connectivity index (χ1v) is 8.86. The first kappa shape index (κ1) is 21.2. The molecule has 0 aromatic heterocycles. The highest BCUT2D eigenvalue weighted by Crippen LogP contribution is 2.29. The van der Waals surface area contributed by atoms with Crippen LogP contribution < -0.4 is 0 Å². The molecule has 2 rings (SSSR count). The summed E-state index contributed by atoms with van der Waals surface area (Å²) in [6.07, 6.45) is 0. The summed E-state index contributed by atoms with van der Waals surface area (Å²) >= 11 is 0. The summed E-state index contributed by atoms with van der Waals surface area (Å²) in [6.45, 7) is 7.32. The van der Waals surface area contributed by atoms with E-state index in [0.29, 0.717) is 6.47 Å². The predicted molar refractivity (Wildman–Crippen MR) is 106 cm³/mol. The minimum Gasteiger partial charge on any atom is -0.456 e. The second kappa shape index (κ2) is 9.22. The number of rotatable bonds is 9. The third-order valence-corrected chi connectivity index (χ3v) is 4.37. The molecule has 0 aliphatic carbocycles. The van der Waals surface area contributed by atoms with Crippen molar-refractivity contribution in [2.75, 3.05) is 6.61 Å². The van der Waals surface area contributed by atoms with Crippen LogP contribution in [0.2, 0.25) is 0 Å². The van der Waals surface area contributed by atoms with Gasteiger partial charge in [-0.1, -0.05) is 30.3 Å². The molecule has 0 atom stereocenters. The molecule has 2 aromatic carbocycles. The number of hydrogen-bond donors (Lipinski definition) is 0. The molecule has 0 aliphatic heterocycles. The number of carbonyl (C=O) groups excluding carboxylic acids is 2. The fourth-order valence-electron chi connectivity index (χ4n) is 2.39. The van der Waals surface area contributed by atoms with Gasteiger partial charge in [-0.25, -0.2) is 4.79 Å². The molecule has 146 valence electrons. The second-order valence-corrected chi connectivity index (χ2v) is 7.19. The van der Waals surface area contributed by atoms with Crippen molar-refractivity contribution in [3.05, 3.63) is 65.7 Å². The highest BCUT2D eigenvalue weighted by Gasteiger charge is 2.29. The molecule has 0 unspecified atom stereocenters. The molecule has 28 heavy (non-hydrogen) atoms. The molecule has 0 spiro atoms. The van der Waals surface area contributed by atoms with Gasteiger partial charge in [0.2, 0.25) is 0 Å². The Morgan fingerprint density at radius 1 is 0.964 bits per heavy atom. The van der Waals surface area contributed by atoms with Crippen LogP contribution in [-0.2, 0) is 24.7 Å². The van der Waals surface area contributed by atoms with Gasteiger partial charge in [-0.2, -0.15) is 10.2 Å². The molecule has 6 nitrogen and oxygen atoms in total. The lowest BCUT2D eigenvalue weighted by Gasteiger charge is -2.29. The van der Waals surface area contributed by atoms with E-state index in [1.807, 2.05) is 74.4 Å². The van der Waals surface area contributed by atoms with E-state index in [0.717, 1.165) is 16.9 Å². The van der Waals surface area contributed by atoms with E-state index < -0.39 is 11.2 Å². The number of ether oxygens (including phenoxy) is 2. The van der Waals surface area contributed by atoms with Crippen molar-refractivity contribution in [2.24, 2.45) is 10.2 Å². The normalized spacial score (nSPS) is 11.9. The van der Waals surface area contributed by atoms with E-state index in [9.17, 15) is 9.59 Å². The average molecular weight is 380 g/mol. The van der Waals surface area contributed by atoms with Gasteiger partial charge >= 0.3 is 0 Å². The van der Waals surface area contributed by atoms with Crippen LogP contribution in [0.15, 0.2) is 70.4 Å². The van der Waals surface area contributed by atoms with Crippen LogP contribution in [0, 0.1) is 0 Å². The Balaban J connectivity index is 2.06. The van der Waals surface area contributed by atoms with Crippen molar-refractivity contribution in [1.29, 1.82) is 0 Å². The fourth-order valence-corrected chi connectivity index (χ4v) is 2.39. The lowest BCUT2D eigenvalue weighted by molar-refractivity contribution is -0.138. The maximum Gasteiger partial charge on any atom is 0.293 e. The van der Waals surface area contributed by atoms with Gasteiger partial charge in [0.05, 0.1) is 29.2 Å². The number of azo groups is 1. The summed E-state index contributed by atoms with van der Waals surface area (Å²) in [5.41, 5.74) is 0.892. The molecule has 0 saturated heterocycles. The summed E-state index contributed by atoms with van der Waals surface area (Å²) in [5, 5.41) is 8.41. The lowest BCUT2D eigenvalue weighted by atomic mass is 9.96. The SMILES string of the molecule is CC(C)(OC=O)C(=C=O)COC(C)(C)c1ccc(N=Nc2ccccc2)cc1. The largest absolute Gasteiger partial charge is 0.456 e. The van der Waals surface area contributed by atoms with E-state index in [-0.39, 0.29) is 12.2 Å². The zero-order valence-corrected chi connectivity index (χ0v) is 16.5. The third kappa shape index (κ3) is 5.71. The first-order valence-electron chi connectivity index (χ1n) is 8.86. The van der Waals surface area contributed by atoms with Gasteiger partial charge in [0.25, 0.3) is 6.47 Å². The molecule has 0 aliphatic rings. The van der Waals surface area contributed by atoms with E-state index in [1.165, 1.54) is 0 Å². The first-order chi connectivity index (χ1) is 13.3. The van der Waals surface area contributed by atoms with Gasteiger partial charge in [0.1, 0.15) is 11.5 Å². The fraction of sp³-hybridized carbons (Fsp3) is 0.318. The van der Waals surface area contributed by atoms with E-state index in [2.05, 4.69) is 10.2 Å². The maximum atomic E-state index is 11.3.